The van der Waals surface area contributed by atoms with Crippen molar-refractivity contribution in [2.24, 2.45) is 0 Å². The number of hydrogen-bond acceptors (Lipinski definition) is 3. The summed E-state index contributed by atoms with van der Waals surface area (Å²) in [6, 6.07) is 3.48. The van der Waals surface area contributed by atoms with Crippen LogP contribution in [-0.4, -0.2) is 39.5 Å². The van der Waals surface area contributed by atoms with Gasteiger partial charge in [-0.1, -0.05) is 6.07 Å². The second-order valence-corrected chi connectivity index (χ2v) is 4.90. The zero-order valence-corrected chi connectivity index (χ0v) is 11.2. The number of rotatable bonds is 4. The van der Waals surface area contributed by atoms with Crippen molar-refractivity contribution in [1.82, 2.24) is 9.88 Å². The minimum Gasteiger partial charge on any atom is -0.481 e. The summed E-state index contributed by atoms with van der Waals surface area (Å²) in [5.74, 6) is -0.981. The standard InChI is InChI=1S/C15H18N2O3/c18-14(7-6-12-4-3-8-16-11-12)17-9-2-1-5-13(17)10-15(19)20/h3-4,6-8,11,13H,1-2,5,9-10H2,(H,19,20)/b7-6+. The van der Waals surface area contributed by atoms with Gasteiger partial charge in [-0.25, -0.2) is 0 Å². The molecule has 0 saturated carbocycles. The smallest absolute Gasteiger partial charge is 0.305 e. The summed E-state index contributed by atoms with van der Waals surface area (Å²) < 4.78 is 0. The number of nitrogens with zero attached hydrogens (tertiary/aromatic N) is 2. The predicted octanol–water partition coefficient (Wildman–Crippen LogP) is 1.95. The number of carbonyl (C=O) groups is 2. The molecule has 1 unspecified atom stereocenters. The zero-order chi connectivity index (χ0) is 14.4. The molecule has 20 heavy (non-hydrogen) atoms. The molecule has 1 fully saturated rings. The van der Waals surface area contributed by atoms with Gasteiger partial charge < -0.3 is 10.0 Å². The van der Waals surface area contributed by atoms with E-state index in [-0.39, 0.29) is 18.4 Å². The molecule has 106 valence electrons. The highest BCUT2D eigenvalue weighted by Gasteiger charge is 2.27. The molecule has 2 heterocycles. The number of aliphatic carboxylic acids is 1. The Bertz CT molecular complexity index is 499. The third-order valence-corrected chi connectivity index (χ3v) is 3.42. The first kappa shape index (κ1) is 14.2. The van der Waals surface area contributed by atoms with E-state index in [1.54, 1.807) is 29.4 Å². The second kappa shape index (κ2) is 6.84. The number of amides is 1. The molecular formula is C15H18N2O3. The minimum atomic E-state index is -0.856. The highest BCUT2D eigenvalue weighted by atomic mass is 16.4. The average Bonchev–Trinajstić information content (AvgIpc) is 2.46. The Morgan fingerprint density at radius 2 is 2.30 bits per heavy atom. The molecule has 5 nitrogen and oxygen atoms in total. The summed E-state index contributed by atoms with van der Waals surface area (Å²) in [7, 11) is 0. The van der Waals surface area contributed by atoms with E-state index >= 15 is 0 Å². The molecular weight excluding hydrogens is 256 g/mol. The van der Waals surface area contributed by atoms with Gasteiger partial charge in [-0.3, -0.25) is 14.6 Å². The highest BCUT2D eigenvalue weighted by Crippen LogP contribution is 2.20. The number of piperidine rings is 1. The van der Waals surface area contributed by atoms with Gasteiger partial charge in [-0.05, 0) is 37.0 Å². The highest BCUT2D eigenvalue weighted by molar-refractivity contribution is 5.92. The van der Waals surface area contributed by atoms with Crippen molar-refractivity contribution in [2.75, 3.05) is 6.54 Å². The molecule has 0 radical (unpaired) electrons. The monoisotopic (exact) mass is 274 g/mol. The van der Waals surface area contributed by atoms with Crippen LogP contribution in [0.3, 0.4) is 0 Å². The molecule has 1 saturated heterocycles. The molecule has 0 aliphatic carbocycles. The van der Waals surface area contributed by atoms with Crippen LogP contribution < -0.4 is 0 Å². The van der Waals surface area contributed by atoms with Gasteiger partial charge in [-0.2, -0.15) is 0 Å². The molecule has 0 spiro atoms. The van der Waals surface area contributed by atoms with E-state index in [0.29, 0.717) is 6.54 Å². The van der Waals surface area contributed by atoms with Crippen LogP contribution in [-0.2, 0) is 9.59 Å². The lowest BCUT2D eigenvalue weighted by molar-refractivity contribution is -0.140. The fourth-order valence-electron chi connectivity index (χ4n) is 2.44. The van der Waals surface area contributed by atoms with Crippen molar-refractivity contribution in [3.05, 3.63) is 36.2 Å². The first-order chi connectivity index (χ1) is 9.66. The molecule has 1 aromatic heterocycles. The van der Waals surface area contributed by atoms with Gasteiger partial charge in [0, 0.05) is 31.1 Å². The van der Waals surface area contributed by atoms with Gasteiger partial charge in [0.05, 0.1) is 6.42 Å². The summed E-state index contributed by atoms with van der Waals surface area (Å²) in [6.45, 7) is 0.633. The average molecular weight is 274 g/mol. The molecule has 1 amide bonds. The Morgan fingerprint density at radius 3 is 3.00 bits per heavy atom. The molecule has 1 aliphatic heterocycles. The largest absolute Gasteiger partial charge is 0.481 e. The maximum Gasteiger partial charge on any atom is 0.305 e. The summed E-state index contributed by atoms with van der Waals surface area (Å²) >= 11 is 0. The minimum absolute atomic E-state index is 0.0203. The fraction of sp³-hybridized carbons (Fsp3) is 0.400. The van der Waals surface area contributed by atoms with Crippen LogP contribution in [0.1, 0.15) is 31.2 Å². The number of pyridine rings is 1. The number of hydrogen-bond donors (Lipinski definition) is 1. The molecule has 0 bridgehead atoms. The summed E-state index contributed by atoms with van der Waals surface area (Å²) in [6.07, 6.45) is 9.25. The second-order valence-electron chi connectivity index (χ2n) is 4.90. The number of carboxylic acid groups (broad SMARTS) is 1. The molecule has 0 aromatic carbocycles. The molecule has 1 atom stereocenters. The molecule has 2 rings (SSSR count). The van der Waals surface area contributed by atoms with Crippen LogP contribution >= 0.6 is 0 Å². The Kier molecular flexibility index (Phi) is 4.87. The Labute approximate surface area is 117 Å². The van der Waals surface area contributed by atoms with Crippen molar-refractivity contribution in [3.63, 3.8) is 0 Å². The van der Waals surface area contributed by atoms with E-state index in [4.69, 9.17) is 5.11 Å². The van der Waals surface area contributed by atoms with Crippen molar-refractivity contribution in [1.29, 1.82) is 0 Å². The van der Waals surface area contributed by atoms with Crippen molar-refractivity contribution in [2.45, 2.75) is 31.7 Å². The molecule has 1 aliphatic rings. The van der Waals surface area contributed by atoms with Crippen LogP contribution in [0.5, 0.6) is 0 Å². The fourth-order valence-corrected chi connectivity index (χ4v) is 2.44. The van der Waals surface area contributed by atoms with Gasteiger partial charge in [0.25, 0.3) is 0 Å². The maximum absolute atomic E-state index is 12.2. The van der Waals surface area contributed by atoms with Gasteiger partial charge >= 0.3 is 5.97 Å². The van der Waals surface area contributed by atoms with E-state index in [1.807, 2.05) is 6.07 Å². The molecule has 1 aromatic rings. The van der Waals surface area contributed by atoms with Crippen LogP contribution in [0.15, 0.2) is 30.6 Å². The Hall–Kier alpha value is -2.17. The lowest BCUT2D eigenvalue weighted by Gasteiger charge is -2.34. The van der Waals surface area contributed by atoms with E-state index in [2.05, 4.69) is 4.98 Å². The van der Waals surface area contributed by atoms with Crippen LogP contribution in [0.25, 0.3) is 6.08 Å². The third-order valence-electron chi connectivity index (χ3n) is 3.42. The number of carboxylic acids is 1. The van der Waals surface area contributed by atoms with E-state index in [0.717, 1.165) is 24.8 Å². The lowest BCUT2D eigenvalue weighted by atomic mass is 9.99. The normalized spacial score (nSPS) is 19.2. The Morgan fingerprint density at radius 1 is 1.45 bits per heavy atom. The number of carbonyl (C=O) groups excluding carboxylic acids is 1. The SMILES string of the molecule is O=C(O)CC1CCCCN1C(=O)/C=C/c1cccnc1. The topological polar surface area (TPSA) is 70.5 Å². The maximum atomic E-state index is 12.2. The van der Waals surface area contributed by atoms with Crippen LogP contribution in [0.2, 0.25) is 0 Å². The summed E-state index contributed by atoms with van der Waals surface area (Å²) in [5.41, 5.74) is 0.854. The van der Waals surface area contributed by atoms with E-state index in [9.17, 15) is 9.59 Å². The first-order valence-corrected chi connectivity index (χ1v) is 6.77. The zero-order valence-electron chi connectivity index (χ0n) is 11.2. The van der Waals surface area contributed by atoms with Gasteiger partial charge in [0.15, 0.2) is 0 Å². The third kappa shape index (κ3) is 3.91. The quantitative estimate of drug-likeness (QED) is 0.852. The summed E-state index contributed by atoms with van der Waals surface area (Å²) in [4.78, 5) is 28.7. The van der Waals surface area contributed by atoms with Crippen LogP contribution in [0.4, 0.5) is 0 Å². The van der Waals surface area contributed by atoms with Gasteiger partial charge in [0.2, 0.25) is 5.91 Å². The first-order valence-electron chi connectivity index (χ1n) is 6.77. The lowest BCUT2D eigenvalue weighted by Crippen LogP contribution is -2.44. The van der Waals surface area contributed by atoms with Crippen molar-refractivity contribution < 1.29 is 14.7 Å². The Balaban J connectivity index is 2.02. The van der Waals surface area contributed by atoms with Gasteiger partial charge in [0.1, 0.15) is 0 Å². The van der Waals surface area contributed by atoms with Crippen molar-refractivity contribution in [3.8, 4) is 0 Å². The number of aromatic nitrogens is 1. The van der Waals surface area contributed by atoms with Gasteiger partial charge in [-0.15, -0.1) is 0 Å². The van der Waals surface area contributed by atoms with E-state index < -0.39 is 5.97 Å². The predicted molar refractivity (Wildman–Crippen MR) is 74.9 cm³/mol. The summed E-state index contributed by atoms with van der Waals surface area (Å²) in [5, 5.41) is 8.91. The van der Waals surface area contributed by atoms with Crippen LogP contribution in [0, 0.1) is 0 Å². The van der Waals surface area contributed by atoms with Crippen molar-refractivity contribution >= 4 is 18.0 Å². The number of likely N-dealkylation sites (tertiary alicyclic amines) is 1. The molecule has 1 N–H and O–H groups in total. The molecule has 5 heteroatoms. The van der Waals surface area contributed by atoms with E-state index in [1.165, 1.54) is 6.08 Å².